The fourth-order valence-electron chi connectivity index (χ4n) is 1.74. The monoisotopic (exact) mass is 254 g/mol. The van der Waals surface area contributed by atoms with Crippen LogP contribution in [0.3, 0.4) is 0 Å². The molecule has 3 nitrogen and oxygen atoms in total. The minimum absolute atomic E-state index is 0.172. The van der Waals surface area contributed by atoms with Crippen LogP contribution < -0.4 is 10.6 Å². The molecule has 0 spiro atoms. The second-order valence-electron chi connectivity index (χ2n) is 3.49. The molecule has 0 saturated heterocycles. The number of nitrogens with zero attached hydrogens (tertiary/aromatic N) is 1. The summed E-state index contributed by atoms with van der Waals surface area (Å²) in [6.07, 6.45) is 0.569. The van der Waals surface area contributed by atoms with Crippen molar-refractivity contribution in [1.82, 2.24) is 0 Å². The average molecular weight is 255 g/mol. The number of nitrogens with two attached hydrogens (primary N) is 1. The first-order valence-corrected chi connectivity index (χ1v) is 5.22. The molecule has 0 unspecified atom stereocenters. The predicted molar refractivity (Wildman–Crippen MR) is 60.8 cm³/mol. The third kappa shape index (κ3) is 1.39. The van der Waals surface area contributed by atoms with E-state index in [1.807, 2.05) is 13.1 Å². The smallest absolute Gasteiger partial charge is 0.166 e. The zero-order chi connectivity index (χ0) is 10.3. The molecule has 0 aromatic heterocycles. The number of hydrogen-bond donors (Lipinski definition) is 1. The molecule has 14 heavy (non-hydrogen) atoms. The summed E-state index contributed by atoms with van der Waals surface area (Å²) in [6.45, 7) is 0.772. The number of anilines is 2. The van der Waals surface area contributed by atoms with Crippen molar-refractivity contribution in [3.05, 3.63) is 22.2 Å². The fraction of sp³-hybridized carbons (Fsp3) is 0.300. The Hall–Kier alpha value is -1.03. The molecule has 0 fully saturated rings. The molecule has 1 aliphatic rings. The maximum atomic E-state index is 11.6. The molecule has 0 atom stereocenters. The van der Waals surface area contributed by atoms with Gasteiger partial charge in [0.2, 0.25) is 0 Å². The van der Waals surface area contributed by atoms with E-state index in [1.54, 1.807) is 6.07 Å². The normalized spacial score (nSPS) is 15.6. The molecule has 1 aromatic rings. The Morgan fingerprint density at radius 2 is 2.21 bits per heavy atom. The standard InChI is InChI=1S/C10H11BrN2O/c1-13-3-2-9(14)7-4-6(12)5-8(11)10(7)13/h4-5H,2-3,12H2,1H3. The molecule has 1 aliphatic heterocycles. The van der Waals surface area contributed by atoms with Gasteiger partial charge in [-0.3, -0.25) is 4.79 Å². The van der Waals surface area contributed by atoms with Crippen LogP contribution in [0.5, 0.6) is 0 Å². The number of Topliss-reactive ketones (excluding diaryl/α,β-unsaturated/α-hetero) is 1. The van der Waals surface area contributed by atoms with Crippen molar-refractivity contribution in [2.45, 2.75) is 6.42 Å². The van der Waals surface area contributed by atoms with Crippen LogP contribution in [0.15, 0.2) is 16.6 Å². The second kappa shape index (κ2) is 3.28. The molecule has 1 heterocycles. The van der Waals surface area contributed by atoms with Crippen LogP contribution in [0.2, 0.25) is 0 Å². The number of benzene rings is 1. The van der Waals surface area contributed by atoms with E-state index in [9.17, 15) is 4.79 Å². The highest BCUT2D eigenvalue weighted by molar-refractivity contribution is 9.10. The number of carbonyl (C=O) groups is 1. The molecule has 0 saturated carbocycles. The van der Waals surface area contributed by atoms with E-state index >= 15 is 0 Å². The number of fused-ring (bicyclic) bond motifs is 1. The Balaban J connectivity index is 2.66. The first kappa shape index (κ1) is 9.52. The molecule has 2 N–H and O–H groups in total. The summed E-state index contributed by atoms with van der Waals surface area (Å²) in [7, 11) is 1.98. The van der Waals surface area contributed by atoms with Crippen molar-refractivity contribution in [2.24, 2.45) is 0 Å². The van der Waals surface area contributed by atoms with Crippen molar-refractivity contribution in [1.29, 1.82) is 0 Å². The second-order valence-corrected chi connectivity index (χ2v) is 4.35. The lowest BCUT2D eigenvalue weighted by Crippen LogP contribution is -2.28. The van der Waals surface area contributed by atoms with Crippen molar-refractivity contribution >= 4 is 33.1 Å². The average Bonchev–Trinajstić information content (AvgIpc) is 2.10. The van der Waals surface area contributed by atoms with Crippen LogP contribution in [0, 0.1) is 0 Å². The summed E-state index contributed by atoms with van der Waals surface area (Å²) in [4.78, 5) is 13.7. The van der Waals surface area contributed by atoms with E-state index < -0.39 is 0 Å². The minimum atomic E-state index is 0.172. The van der Waals surface area contributed by atoms with E-state index in [0.717, 1.165) is 22.3 Å². The van der Waals surface area contributed by atoms with Crippen molar-refractivity contribution < 1.29 is 4.79 Å². The maximum Gasteiger partial charge on any atom is 0.166 e. The Bertz CT molecular complexity index is 403. The van der Waals surface area contributed by atoms with Crippen LogP contribution in [-0.4, -0.2) is 19.4 Å². The highest BCUT2D eigenvalue weighted by atomic mass is 79.9. The van der Waals surface area contributed by atoms with Crippen LogP contribution in [0.4, 0.5) is 11.4 Å². The number of nitrogen functional groups attached to an aromatic ring is 1. The van der Waals surface area contributed by atoms with Gasteiger partial charge in [-0.05, 0) is 28.1 Å². The highest BCUT2D eigenvalue weighted by Gasteiger charge is 2.23. The molecule has 2 rings (SSSR count). The van der Waals surface area contributed by atoms with Gasteiger partial charge in [-0.1, -0.05) is 0 Å². The first-order valence-electron chi connectivity index (χ1n) is 4.43. The third-order valence-electron chi connectivity index (χ3n) is 2.44. The highest BCUT2D eigenvalue weighted by Crippen LogP contribution is 2.35. The number of hydrogen-bond acceptors (Lipinski definition) is 3. The van der Waals surface area contributed by atoms with Crippen molar-refractivity contribution in [3.63, 3.8) is 0 Å². The Morgan fingerprint density at radius 3 is 2.93 bits per heavy atom. The fourth-order valence-corrected chi connectivity index (χ4v) is 2.52. The zero-order valence-electron chi connectivity index (χ0n) is 7.88. The molecule has 74 valence electrons. The van der Waals surface area contributed by atoms with E-state index in [4.69, 9.17) is 5.73 Å². The van der Waals surface area contributed by atoms with Crippen LogP contribution in [-0.2, 0) is 0 Å². The van der Waals surface area contributed by atoms with Gasteiger partial charge in [-0.2, -0.15) is 0 Å². The Kier molecular flexibility index (Phi) is 2.23. The van der Waals surface area contributed by atoms with Crippen molar-refractivity contribution in [2.75, 3.05) is 24.2 Å². The number of rotatable bonds is 0. The molecule has 0 radical (unpaired) electrons. The summed E-state index contributed by atoms with van der Waals surface area (Å²) in [5, 5.41) is 0. The molecular formula is C10H11BrN2O. The number of carbonyl (C=O) groups excluding carboxylic acids is 1. The largest absolute Gasteiger partial charge is 0.399 e. The van der Waals surface area contributed by atoms with E-state index in [-0.39, 0.29) is 5.78 Å². The molecular weight excluding hydrogens is 244 g/mol. The maximum absolute atomic E-state index is 11.6. The summed E-state index contributed by atoms with van der Waals surface area (Å²) >= 11 is 3.43. The molecule has 0 aliphatic carbocycles. The number of ketones is 1. The van der Waals surface area contributed by atoms with Crippen LogP contribution in [0.1, 0.15) is 16.8 Å². The lowest BCUT2D eigenvalue weighted by atomic mass is 10.0. The van der Waals surface area contributed by atoms with Gasteiger partial charge in [-0.25, -0.2) is 0 Å². The summed E-state index contributed by atoms with van der Waals surface area (Å²) < 4.78 is 0.892. The summed E-state index contributed by atoms with van der Waals surface area (Å²) in [5.41, 5.74) is 8.00. The minimum Gasteiger partial charge on any atom is -0.399 e. The van der Waals surface area contributed by atoms with Gasteiger partial charge in [0.05, 0.1) is 5.69 Å². The quantitative estimate of drug-likeness (QED) is 0.722. The predicted octanol–water partition coefficient (Wildman–Crippen LogP) is 2.05. The van der Waals surface area contributed by atoms with E-state index in [1.165, 1.54) is 0 Å². The SMILES string of the molecule is CN1CCC(=O)c2cc(N)cc(Br)c21. The van der Waals surface area contributed by atoms with E-state index in [0.29, 0.717) is 12.1 Å². The van der Waals surface area contributed by atoms with Gasteiger partial charge in [-0.15, -0.1) is 0 Å². The number of halogens is 1. The van der Waals surface area contributed by atoms with Gasteiger partial charge in [0.15, 0.2) is 5.78 Å². The lowest BCUT2D eigenvalue weighted by Gasteiger charge is -2.27. The Labute approximate surface area is 91.0 Å². The summed E-state index contributed by atoms with van der Waals surface area (Å²) in [6, 6.07) is 3.58. The van der Waals surface area contributed by atoms with Gasteiger partial charge >= 0.3 is 0 Å². The third-order valence-corrected chi connectivity index (χ3v) is 3.05. The van der Waals surface area contributed by atoms with Gasteiger partial charge in [0, 0.05) is 35.7 Å². The topological polar surface area (TPSA) is 46.3 Å². The van der Waals surface area contributed by atoms with Crippen LogP contribution in [0.25, 0.3) is 0 Å². The molecule has 1 aromatic carbocycles. The van der Waals surface area contributed by atoms with Gasteiger partial charge in [0.25, 0.3) is 0 Å². The van der Waals surface area contributed by atoms with Crippen LogP contribution >= 0.6 is 15.9 Å². The Morgan fingerprint density at radius 1 is 1.50 bits per heavy atom. The molecule has 4 heteroatoms. The first-order chi connectivity index (χ1) is 6.59. The molecule has 0 bridgehead atoms. The van der Waals surface area contributed by atoms with Gasteiger partial charge < -0.3 is 10.6 Å². The van der Waals surface area contributed by atoms with Gasteiger partial charge in [0.1, 0.15) is 0 Å². The van der Waals surface area contributed by atoms with E-state index in [2.05, 4.69) is 20.8 Å². The lowest BCUT2D eigenvalue weighted by molar-refractivity contribution is 0.0980. The molecule has 0 amide bonds. The zero-order valence-corrected chi connectivity index (χ0v) is 9.47. The van der Waals surface area contributed by atoms with Crippen molar-refractivity contribution in [3.8, 4) is 0 Å². The summed E-state index contributed by atoms with van der Waals surface area (Å²) in [5.74, 6) is 0.172.